The number of nitro groups is 1. The monoisotopic (exact) mass is 337 g/mol. The number of carbonyl (C=O) groups excluding carboxylic acids is 1. The highest BCUT2D eigenvalue weighted by atomic mass is 19.1. The van der Waals surface area contributed by atoms with E-state index in [-0.39, 0.29) is 23.6 Å². The van der Waals surface area contributed by atoms with Crippen molar-refractivity contribution in [1.82, 2.24) is 0 Å². The predicted molar refractivity (Wildman–Crippen MR) is 83.1 cm³/mol. The van der Waals surface area contributed by atoms with Crippen LogP contribution in [0.25, 0.3) is 0 Å². The molecule has 0 saturated carbocycles. The van der Waals surface area contributed by atoms with Gasteiger partial charge in [-0.25, -0.2) is 8.78 Å². The first-order valence-corrected chi connectivity index (χ1v) is 6.71. The molecule has 0 fully saturated rings. The lowest BCUT2D eigenvalue weighted by Gasteiger charge is -2.11. The van der Waals surface area contributed by atoms with E-state index in [4.69, 9.17) is 4.74 Å². The maximum atomic E-state index is 13.1. The number of rotatable bonds is 6. The Morgan fingerprint density at radius 3 is 2.46 bits per heavy atom. The summed E-state index contributed by atoms with van der Waals surface area (Å²) in [7, 11) is 1.38. The van der Waals surface area contributed by atoms with Gasteiger partial charge in [0.05, 0.1) is 24.3 Å². The molecular weight excluding hydrogens is 324 g/mol. The van der Waals surface area contributed by atoms with Crippen LogP contribution >= 0.6 is 0 Å². The third-order valence-electron chi connectivity index (χ3n) is 2.98. The number of benzene rings is 2. The highest BCUT2D eigenvalue weighted by Gasteiger charge is 2.12. The fourth-order valence-electron chi connectivity index (χ4n) is 1.95. The average molecular weight is 337 g/mol. The summed E-state index contributed by atoms with van der Waals surface area (Å²) in [5.41, 5.74) is 0.0310. The number of halogens is 2. The van der Waals surface area contributed by atoms with Crippen molar-refractivity contribution in [2.75, 3.05) is 24.3 Å². The van der Waals surface area contributed by atoms with E-state index in [1.807, 2.05) is 0 Å². The van der Waals surface area contributed by atoms with Gasteiger partial charge < -0.3 is 15.4 Å². The minimum absolute atomic E-state index is 0.0368. The molecule has 0 atom stereocenters. The lowest BCUT2D eigenvalue weighted by Crippen LogP contribution is -2.22. The van der Waals surface area contributed by atoms with Crippen molar-refractivity contribution in [1.29, 1.82) is 0 Å². The fourth-order valence-corrected chi connectivity index (χ4v) is 1.95. The van der Waals surface area contributed by atoms with Crippen molar-refractivity contribution in [2.24, 2.45) is 0 Å². The van der Waals surface area contributed by atoms with Crippen LogP contribution in [0.3, 0.4) is 0 Å². The van der Waals surface area contributed by atoms with Crippen molar-refractivity contribution in [3.8, 4) is 5.75 Å². The summed E-state index contributed by atoms with van der Waals surface area (Å²) in [4.78, 5) is 22.0. The molecule has 0 saturated heterocycles. The second-order valence-corrected chi connectivity index (χ2v) is 4.70. The Kier molecular flexibility index (Phi) is 5.25. The molecule has 9 heteroatoms. The number of ether oxygens (including phenoxy) is 1. The molecule has 0 heterocycles. The Hall–Kier alpha value is -3.23. The zero-order chi connectivity index (χ0) is 17.7. The zero-order valence-electron chi connectivity index (χ0n) is 12.5. The van der Waals surface area contributed by atoms with E-state index in [0.29, 0.717) is 11.8 Å². The van der Waals surface area contributed by atoms with Gasteiger partial charge in [0, 0.05) is 23.9 Å². The summed E-state index contributed by atoms with van der Waals surface area (Å²) >= 11 is 0. The minimum atomic E-state index is -0.821. The van der Waals surface area contributed by atoms with E-state index in [9.17, 15) is 23.7 Å². The molecule has 126 valence electrons. The van der Waals surface area contributed by atoms with Crippen LogP contribution < -0.4 is 15.4 Å². The average Bonchev–Trinajstić information content (AvgIpc) is 2.51. The van der Waals surface area contributed by atoms with Crippen molar-refractivity contribution >= 4 is 23.0 Å². The van der Waals surface area contributed by atoms with Gasteiger partial charge in [0.15, 0.2) is 0 Å². The first-order valence-electron chi connectivity index (χ1n) is 6.71. The number of hydrogen-bond donors (Lipinski definition) is 2. The van der Waals surface area contributed by atoms with Gasteiger partial charge in [0.2, 0.25) is 5.91 Å². The molecule has 24 heavy (non-hydrogen) atoms. The summed E-state index contributed by atoms with van der Waals surface area (Å²) in [5.74, 6) is -1.92. The second kappa shape index (κ2) is 7.36. The van der Waals surface area contributed by atoms with E-state index in [2.05, 4.69) is 10.6 Å². The Morgan fingerprint density at radius 2 is 1.88 bits per heavy atom. The number of nitrogens with zero attached hydrogens (tertiary/aromatic N) is 1. The smallest absolute Gasteiger partial charge is 0.271 e. The van der Waals surface area contributed by atoms with Gasteiger partial charge in [-0.3, -0.25) is 14.9 Å². The summed E-state index contributed by atoms with van der Waals surface area (Å²) in [5, 5.41) is 15.8. The Morgan fingerprint density at radius 1 is 1.21 bits per heavy atom. The van der Waals surface area contributed by atoms with Crippen LogP contribution in [0.15, 0.2) is 36.4 Å². The molecule has 0 bridgehead atoms. The highest BCUT2D eigenvalue weighted by Crippen LogP contribution is 2.28. The maximum absolute atomic E-state index is 13.1. The van der Waals surface area contributed by atoms with Gasteiger partial charge in [-0.2, -0.15) is 0 Å². The van der Waals surface area contributed by atoms with E-state index in [1.54, 1.807) is 0 Å². The third kappa shape index (κ3) is 4.38. The normalized spacial score (nSPS) is 10.1. The molecular formula is C15H13F2N3O4. The number of hydrogen-bond acceptors (Lipinski definition) is 5. The number of anilines is 2. The van der Waals surface area contributed by atoms with Gasteiger partial charge in [0.25, 0.3) is 5.69 Å². The quantitative estimate of drug-likeness (QED) is 0.624. The van der Waals surface area contributed by atoms with Gasteiger partial charge in [-0.05, 0) is 18.2 Å². The number of nitro benzene ring substituents is 1. The number of carbonyl (C=O) groups is 1. The minimum Gasteiger partial charge on any atom is -0.495 e. The van der Waals surface area contributed by atoms with Crippen molar-refractivity contribution < 1.29 is 23.2 Å². The molecule has 2 N–H and O–H groups in total. The first kappa shape index (κ1) is 17.1. The zero-order valence-corrected chi connectivity index (χ0v) is 12.5. The summed E-state index contributed by atoms with van der Waals surface area (Å²) < 4.78 is 31.2. The van der Waals surface area contributed by atoms with Gasteiger partial charge in [-0.1, -0.05) is 0 Å². The Labute approximate surface area is 135 Å². The van der Waals surface area contributed by atoms with Crippen molar-refractivity contribution in [3.05, 3.63) is 58.1 Å². The molecule has 0 aliphatic carbocycles. The van der Waals surface area contributed by atoms with E-state index >= 15 is 0 Å². The van der Waals surface area contributed by atoms with Gasteiger partial charge in [0.1, 0.15) is 17.4 Å². The number of methoxy groups -OCH3 is 1. The molecule has 0 spiro atoms. The van der Waals surface area contributed by atoms with Crippen LogP contribution in [-0.4, -0.2) is 24.5 Å². The van der Waals surface area contributed by atoms with Crippen LogP contribution in [0.4, 0.5) is 25.8 Å². The van der Waals surface area contributed by atoms with Crippen molar-refractivity contribution in [2.45, 2.75) is 0 Å². The van der Waals surface area contributed by atoms with Crippen LogP contribution in [0.2, 0.25) is 0 Å². The maximum Gasteiger partial charge on any atom is 0.271 e. The third-order valence-corrected chi connectivity index (χ3v) is 2.98. The number of nitrogens with one attached hydrogen (secondary N) is 2. The molecule has 0 unspecified atom stereocenters. The highest BCUT2D eigenvalue weighted by molar-refractivity contribution is 5.94. The molecule has 2 aromatic rings. The van der Waals surface area contributed by atoms with Crippen LogP contribution in [0, 0.1) is 21.7 Å². The molecule has 0 aliphatic rings. The van der Waals surface area contributed by atoms with Crippen molar-refractivity contribution in [3.63, 3.8) is 0 Å². The van der Waals surface area contributed by atoms with Gasteiger partial charge in [-0.15, -0.1) is 0 Å². The summed E-state index contributed by atoms with van der Waals surface area (Å²) in [6.45, 7) is -0.282. The molecule has 0 aromatic heterocycles. The lowest BCUT2D eigenvalue weighted by molar-refractivity contribution is -0.384. The Balaban J connectivity index is 2.05. The summed E-state index contributed by atoms with van der Waals surface area (Å²) in [6.07, 6.45) is 0. The molecule has 1 amide bonds. The molecule has 2 rings (SSSR count). The number of non-ortho nitro benzene ring substituents is 1. The predicted octanol–water partition coefficient (Wildman–Crippen LogP) is 2.93. The molecule has 2 aromatic carbocycles. The molecule has 0 aliphatic heterocycles. The van der Waals surface area contributed by atoms with Crippen LogP contribution in [0.1, 0.15) is 0 Å². The molecule has 0 radical (unpaired) electrons. The standard InChI is InChI=1S/C15H13F2N3O4/c1-24-14-3-2-12(20(22)23)7-13(14)18-8-15(21)19-11-5-9(16)4-10(17)6-11/h2-7,18H,8H2,1H3,(H,19,21). The second-order valence-electron chi connectivity index (χ2n) is 4.70. The SMILES string of the molecule is COc1ccc([N+](=O)[O-])cc1NCC(=O)Nc1cc(F)cc(F)c1. The Bertz CT molecular complexity index is 763. The summed E-state index contributed by atoms with van der Waals surface area (Å²) in [6, 6.07) is 6.49. The molecule has 7 nitrogen and oxygen atoms in total. The van der Waals surface area contributed by atoms with E-state index in [1.165, 1.54) is 25.3 Å². The van der Waals surface area contributed by atoms with Crippen LogP contribution in [-0.2, 0) is 4.79 Å². The topological polar surface area (TPSA) is 93.5 Å². The van der Waals surface area contributed by atoms with Crippen LogP contribution in [0.5, 0.6) is 5.75 Å². The number of amides is 1. The largest absolute Gasteiger partial charge is 0.495 e. The van der Waals surface area contributed by atoms with E-state index in [0.717, 1.165) is 12.1 Å². The van der Waals surface area contributed by atoms with E-state index < -0.39 is 22.5 Å². The first-order chi connectivity index (χ1) is 11.4. The fraction of sp³-hybridized carbons (Fsp3) is 0.133. The lowest BCUT2D eigenvalue weighted by atomic mass is 10.2. The van der Waals surface area contributed by atoms with Gasteiger partial charge >= 0.3 is 0 Å².